The second-order valence-electron chi connectivity index (χ2n) is 5.86. The first-order valence-electron chi connectivity index (χ1n) is 8.05. The van der Waals surface area contributed by atoms with Crippen LogP contribution in [-0.4, -0.2) is 16.9 Å². The Balaban J connectivity index is 2.12. The van der Waals surface area contributed by atoms with Gasteiger partial charge in [0, 0.05) is 22.0 Å². The average Bonchev–Trinajstić information content (AvgIpc) is 2.61. The topological polar surface area (TPSA) is 42.0 Å². The standard InChI is InChI=1S/C20H19ClN2O/c1-3-13(2)22-20(24)17-12-19(14-8-10-15(21)11-9-14)23-18-7-5-4-6-16(17)18/h4-13H,3H2,1-2H3,(H,22,24)/t13-/m0/s1. The summed E-state index contributed by atoms with van der Waals surface area (Å²) in [5, 5.41) is 4.57. The van der Waals surface area contributed by atoms with Gasteiger partial charge in [0.05, 0.1) is 16.8 Å². The highest BCUT2D eigenvalue weighted by Gasteiger charge is 2.15. The van der Waals surface area contributed by atoms with E-state index in [2.05, 4.69) is 12.2 Å². The second kappa shape index (κ2) is 7.02. The summed E-state index contributed by atoms with van der Waals surface area (Å²) in [6.45, 7) is 4.05. The van der Waals surface area contributed by atoms with Gasteiger partial charge in [0.1, 0.15) is 0 Å². The molecule has 0 aliphatic carbocycles. The summed E-state index contributed by atoms with van der Waals surface area (Å²) in [7, 11) is 0. The average molecular weight is 339 g/mol. The number of carbonyl (C=O) groups excluding carboxylic acids is 1. The summed E-state index contributed by atoms with van der Waals surface area (Å²) in [6, 6.07) is 17.2. The summed E-state index contributed by atoms with van der Waals surface area (Å²) in [6.07, 6.45) is 0.888. The van der Waals surface area contributed by atoms with Crippen LogP contribution in [0.2, 0.25) is 5.02 Å². The third-order valence-corrected chi connectivity index (χ3v) is 4.34. The summed E-state index contributed by atoms with van der Waals surface area (Å²) in [5.74, 6) is -0.0711. The minimum atomic E-state index is -0.0711. The summed E-state index contributed by atoms with van der Waals surface area (Å²) >= 11 is 5.96. The summed E-state index contributed by atoms with van der Waals surface area (Å²) in [5.41, 5.74) is 3.15. The molecule has 0 radical (unpaired) electrons. The molecular formula is C20H19ClN2O. The van der Waals surface area contributed by atoms with Gasteiger partial charge in [-0.15, -0.1) is 0 Å². The number of benzene rings is 2. The molecule has 3 rings (SSSR count). The number of carbonyl (C=O) groups is 1. The van der Waals surface area contributed by atoms with Crippen LogP contribution in [0.5, 0.6) is 0 Å². The lowest BCUT2D eigenvalue weighted by Crippen LogP contribution is -2.32. The third-order valence-electron chi connectivity index (χ3n) is 4.09. The Morgan fingerprint density at radius 3 is 2.58 bits per heavy atom. The van der Waals surface area contributed by atoms with E-state index >= 15 is 0 Å². The Bertz CT molecular complexity index is 874. The first-order chi connectivity index (χ1) is 11.6. The van der Waals surface area contributed by atoms with Gasteiger partial charge in [-0.1, -0.05) is 48.9 Å². The highest BCUT2D eigenvalue weighted by atomic mass is 35.5. The molecule has 0 unspecified atom stereocenters. The number of fused-ring (bicyclic) bond motifs is 1. The monoisotopic (exact) mass is 338 g/mol. The number of aromatic nitrogens is 1. The van der Waals surface area contributed by atoms with Gasteiger partial charge in [-0.3, -0.25) is 4.79 Å². The number of rotatable bonds is 4. The van der Waals surface area contributed by atoms with Crippen molar-refractivity contribution >= 4 is 28.4 Å². The van der Waals surface area contributed by atoms with Crippen LogP contribution in [0.4, 0.5) is 0 Å². The minimum absolute atomic E-state index is 0.0711. The van der Waals surface area contributed by atoms with Crippen LogP contribution in [0.25, 0.3) is 22.2 Å². The van der Waals surface area contributed by atoms with Gasteiger partial charge >= 0.3 is 0 Å². The first-order valence-corrected chi connectivity index (χ1v) is 8.43. The number of amides is 1. The number of nitrogens with one attached hydrogen (secondary N) is 1. The number of halogens is 1. The number of para-hydroxylation sites is 1. The number of hydrogen-bond acceptors (Lipinski definition) is 2. The molecule has 1 N–H and O–H groups in total. The molecule has 0 spiro atoms. The number of pyridine rings is 1. The Morgan fingerprint density at radius 2 is 1.88 bits per heavy atom. The highest BCUT2D eigenvalue weighted by molar-refractivity contribution is 6.30. The lowest BCUT2D eigenvalue weighted by molar-refractivity contribution is 0.0941. The Kier molecular flexibility index (Phi) is 4.81. The Morgan fingerprint density at radius 1 is 1.17 bits per heavy atom. The molecule has 1 aromatic heterocycles. The molecule has 1 amide bonds. The Hall–Kier alpha value is -2.39. The zero-order valence-corrected chi connectivity index (χ0v) is 14.5. The van der Waals surface area contributed by atoms with E-state index in [1.807, 2.05) is 61.5 Å². The number of hydrogen-bond donors (Lipinski definition) is 1. The predicted octanol–water partition coefficient (Wildman–Crippen LogP) is 5.08. The quantitative estimate of drug-likeness (QED) is 0.720. The molecule has 0 aliphatic rings. The molecular weight excluding hydrogens is 320 g/mol. The largest absolute Gasteiger partial charge is 0.350 e. The summed E-state index contributed by atoms with van der Waals surface area (Å²) in [4.78, 5) is 17.4. The van der Waals surface area contributed by atoms with Crippen LogP contribution < -0.4 is 5.32 Å². The molecule has 0 saturated carbocycles. The van der Waals surface area contributed by atoms with Crippen molar-refractivity contribution in [3.8, 4) is 11.3 Å². The maximum absolute atomic E-state index is 12.7. The van der Waals surface area contributed by atoms with Gasteiger partial charge in [-0.25, -0.2) is 4.98 Å². The van der Waals surface area contributed by atoms with Crippen molar-refractivity contribution in [3.05, 3.63) is 65.2 Å². The molecule has 3 nitrogen and oxygen atoms in total. The smallest absolute Gasteiger partial charge is 0.252 e. The van der Waals surface area contributed by atoms with Gasteiger partial charge in [0.25, 0.3) is 5.91 Å². The van der Waals surface area contributed by atoms with Crippen molar-refractivity contribution in [2.24, 2.45) is 0 Å². The fraction of sp³-hybridized carbons (Fsp3) is 0.200. The van der Waals surface area contributed by atoms with Gasteiger partial charge in [0.15, 0.2) is 0 Å². The van der Waals surface area contributed by atoms with Crippen molar-refractivity contribution in [2.45, 2.75) is 26.3 Å². The van der Waals surface area contributed by atoms with Crippen LogP contribution in [0.15, 0.2) is 54.6 Å². The maximum atomic E-state index is 12.7. The molecule has 0 saturated heterocycles. The predicted molar refractivity (Wildman–Crippen MR) is 99.4 cm³/mol. The third kappa shape index (κ3) is 3.41. The van der Waals surface area contributed by atoms with E-state index < -0.39 is 0 Å². The molecule has 3 aromatic rings. The van der Waals surface area contributed by atoms with Crippen LogP contribution in [0.1, 0.15) is 30.6 Å². The number of nitrogens with zero attached hydrogens (tertiary/aromatic N) is 1. The molecule has 122 valence electrons. The van der Waals surface area contributed by atoms with E-state index in [-0.39, 0.29) is 11.9 Å². The van der Waals surface area contributed by atoms with E-state index in [1.165, 1.54) is 0 Å². The van der Waals surface area contributed by atoms with E-state index in [0.29, 0.717) is 10.6 Å². The minimum Gasteiger partial charge on any atom is -0.350 e. The van der Waals surface area contributed by atoms with Crippen LogP contribution >= 0.6 is 11.6 Å². The van der Waals surface area contributed by atoms with Crippen LogP contribution in [-0.2, 0) is 0 Å². The molecule has 0 fully saturated rings. The molecule has 4 heteroatoms. The van der Waals surface area contributed by atoms with Gasteiger partial charge in [-0.05, 0) is 37.6 Å². The second-order valence-corrected chi connectivity index (χ2v) is 6.30. The molecule has 0 aliphatic heterocycles. The summed E-state index contributed by atoms with van der Waals surface area (Å²) < 4.78 is 0. The normalized spacial score (nSPS) is 12.1. The molecule has 1 heterocycles. The van der Waals surface area contributed by atoms with Crippen molar-refractivity contribution in [2.75, 3.05) is 0 Å². The molecule has 24 heavy (non-hydrogen) atoms. The molecule has 0 bridgehead atoms. The maximum Gasteiger partial charge on any atom is 0.252 e. The fourth-order valence-electron chi connectivity index (χ4n) is 2.54. The van der Waals surface area contributed by atoms with Crippen LogP contribution in [0.3, 0.4) is 0 Å². The van der Waals surface area contributed by atoms with Gasteiger partial charge in [-0.2, -0.15) is 0 Å². The van der Waals surface area contributed by atoms with Gasteiger partial charge in [0.2, 0.25) is 0 Å². The van der Waals surface area contributed by atoms with Crippen molar-refractivity contribution < 1.29 is 4.79 Å². The first kappa shape index (κ1) is 16.5. The van der Waals surface area contributed by atoms with Gasteiger partial charge < -0.3 is 5.32 Å². The van der Waals surface area contributed by atoms with Crippen molar-refractivity contribution in [1.82, 2.24) is 10.3 Å². The molecule has 2 aromatic carbocycles. The SMILES string of the molecule is CC[C@H](C)NC(=O)c1cc(-c2ccc(Cl)cc2)nc2ccccc12. The van der Waals surface area contributed by atoms with Crippen LogP contribution in [0, 0.1) is 0 Å². The Labute approximate surface area is 146 Å². The van der Waals surface area contributed by atoms with Crippen molar-refractivity contribution in [1.29, 1.82) is 0 Å². The van der Waals surface area contributed by atoms with E-state index in [9.17, 15) is 4.79 Å². The zero-order chi connectivity index (χ0) is 17.1. The molecule has 1 atom stereocenters. The van der Waals surface area contributed by atoms with E-state index in [0.717, 1.165) is 28.6 Å². The van der Waals surface area contributed by atoms with E-state index in [4.69, 9.17) is 16.6 Å². The van der Waals surface area contributed by atoms with E-state index in [1.54, 1.807) is 0 Å². The fourth-order valence-corrected chi connectivity index (χ4v) is 2.66. The zero-order valence-electron chi connectivity index (χ0n) is 13.7. The van der Waals surface area contributed by atoms with Crippen molar-refractivity contribution in [3.63, 3.8) is 0 Å². The highest BCUT2D eigenvalue weighted by Crippen LogP contribution is 2.26. The lowest BCUT2D eigenvalue weighted by atomic mass is 10.0. The lowest BCUT2D eigenvalue weighted by Gasteiger charge is -2.14.